The van der Waals surface area contributed by atoms with Crippen LogP contribution in [0.1, 0.15) is 26.3 Å². The predicted molar refractivity (Wildman–Crippen MR) is 158 cm³/mol. The molecule has 1 amide bonds. The Balaban J connectivity index is 2.24. The molecule has 5 unspecified atom stereocenters. The molecule has 1 saturated heterocycles. The molecule has 3 rings (SSSR count). The average Bonchev–Trinajstić information content (AvgIpc) is 2.76. The highest BCUT2D eigenvalue weighted by Crippen LogP contribution is 2.55. The maximum absolute atomic E-state index is 13.6. The number of amides is 1. The lowest BCUT2D eigenvalue weighted by Gasteiger charge is -2.64. The van der Waals surface area contributed by atoms with Gasteiger partial charge in [-0.2, -0.15) is 5.26 Å². The van der Waals surface area contributed by atoms with E-state index in [9.17, 15) is 10.1 Å². The van der Waals surface area contributed by atoms with E-state index in [0.717, 1.165) is 5.56 Å². The van der Waals surface area contributed by atoms with E-state index in [4.69, 9.17) is 18.1 Å². The van der Waals surface area contributed by atoms with Crippen molar-refractivity contribution >= 4 is 31.6 Å². The van der Waals surface area contributed by atoms with E-state index in [2.05, 4.69) is 79.2 Å². The van der Waals surface area contributed by atoms with Crippen LogP contribution < -0.4 is 0 Å². The van der Waals surface area contributed by atoms with Crippen LogP contribution in [-0.2, 0) is 29.5 Å². The molecule has 0 saturated carbocycles. The quantitative estimate of drug-likeness (QED) is 0.216. The number of nitriles is 1. The fourth-order valence-electron chi connectivity index (χ4n) is 5.61. The molecule has 1 aromatic rings. The van der Waals surface area contributed by atoms with Crippen LogP contribution in [-0.4, -0.2) is 60.0 Å². The number of carbonyl (C=O) groups is 1. The molecule has 1 aromatic carbocycles. The molecular formula is C28H46N2O5Si3. The lowest BCUT2D eigenvalue weighted by Crippen LogP contribution is -2.83. The summed E-state index contributed by atoms with van der Waals surface area (Å²) in [7, 11) is -6.00. The van der Waals surface area contributed by atoms with Gasteiger partial charge in [-0.05, 0) is 69.4 Å². The molecule has 0 aromatic heterocycles. The van der Waals surface area contributed by atoms with E-state index < -0.39 is 54.4 Å². The van der Waals surface area contributed by atoms with Gasteiger partial charge in [0.2, 0.25) is 0 Å². The van der Waals surface area contributed by atoms with Crippen LogP contribution in [0.3, 0.4) is 0 Å². The summed E-state index contributed by atoms with van der Waals surface area (Å²) in [5, 5.41) is 12.2. The molecule has 1 aliphatic heterocycles. The van der Waals surface area contributed by atoms with Gasteiger partial charge in [0.05, 0.1) is 6.10 Å². The first kappa shape index (κ1) is 30.9. The SMILES string of the molecule is C[SiH](C)OC1C(=O)N(OCc2ccccc2)C12C=CC(C#N)(O[Si](C)(C)C)C(C(C)(C)C)C2O[Si](C)(C)C. The number of rotatable bonds is 9. The fourth-order valence-corrected chi connectivity index (χ4v) is 8.83. The lowest BCUT2D eigenvalue weighted by atomic mass is 9.57. The Morgan fingerprint density at radius 2 is 1.63 bits per heavy atom. The molecule has 2 aliphatic rings. The molecule has 5 atom stereocenters. The van der Waals surface area contributed by atoms with Gasteiger partial charge in [0.15, 0.2) is 37.4 Å². The number of β-lactam (4-membered cyclic amide) rings is 1. The summed E-state index contributed by atoms with van der Waals surface area (Å²) in [4.78, 5) is 19.9. The number of hydrogen-bond acceptors (Lipinski definition) is 6. The highest BCUT2D eigenvalue weighted by molar-refractivity contribution is 6.70. The number of nitrogens with zero attached hydrogens (tertiary/aromatic N) is 2. The second-order valence-electron chi connectivity index (χ2n) is 13.8. The maximum atomic E-state index is 13.6. The largest absolute Gasteiger partial charge is 0.411 e. The summed E-state index contributed by atoms with van der Waals surface area (Å²) in [6.45, 7) is 23.4. The van der Waals surface area contributed by atoms with Crippen LogP contribution in [0.5, 0.6) is 0 Å². The molecule has 0 N–H and O–H groups in total. The third-order valence-corrected chi connectivity index (χ3v) is 9.42. The average molecular weight is 575 g/mol. The van der Waals surface area contributed by atoms with Gasteiger partial charge < -0.3 is 13.3 Å². The second kappa shape index (κ2) is 10.8. The Labute approximate surface area is 233 Å². The summed E-state index contributed by atoms with van der Waals surface area (Å²) in [5.74, 6) is -0.599. The van der Waals surface area contributed by atoms with E-state index >= 15 is 0 Å². The van der Waals surface area contributed by atoms with Crippen LogP contribution in [0.15, 0.2) is 42.5 Å². The van der Waals surface area contributed by atoms with Crippen molar-refractivity contribution in [2.24, 2.45) is 11.3 Å². The van der Waals surface area contributed by atoms with Crippen LogP contribution >= 0.6 is 0 Å². The maximum Gasteiger partial charge on any atom is 0.278 e. The zero-order chi connectivity index (χ0) is 28.7. The van der Waals surface area contributed by atoms with Crippen LogP contribution in [0, 0.1) is 22.7 Å². The van der Waals surface area contributed by atoms with E-state index in [0.29, 0.717) is 0 Å². The predicted octanol–water partition coefficient (Wildman–Crippen LogP) is 5.63. The van der Waals surface area contributed by atoms with Gasteiger partial charge >= 0.3 is 0 Å². The molecule has 38 heavy (non-hydrogen) atoms. The van der Waals surface area contributed by atoms with Gasteiger partial charge in [-0.25, -0.2) is 5.06 Å². The van der Waals surface area contributed by atoms with Crippen molar-refractivity contribution in [2.75, 3.05) is 0 Å². The van der Waals surface area contributed by atoms with E-state index in [-0.39, 0.29) is 18.4 Å². The first-order chi connectivity index (χ1) is 17.4. The molecule has 1 spiro atoms. The molecule has 7 nitrogen and oxygen atoms in total. The van der Waals surface area contributed by atoms with Crippen LogP contribution in [0.4, 0.5) is 0 Å². The zero-order valence-electron chi connectivity index (χ0n) is 25.0. The van der Waals surface area contributed by atoms with Crippen molar-refractivity contribution in [3.05, 3.63) is 48.0 Å². The molecule has 210 valence electrons. The van der Waals surface area contributed by atoms with Crippen molar-refractivity contribution in [3.63, 3.8) is 0 Å². The van der Waals surface area contributed by atoms with E-state index in [1.54, 1.807) is 0 Å². The van der Waals surface area contributed by atoms with E-state index in [1.165, 1.54) is 5.06 Å². The molecule has 1 aliphatic carbocycles. The minimum atomic E-state index is -2.20. The van der Waals surface area contributed by atoms with E-state index in [1.807, 2.05) is 42.5 Å². The Hall–Kier alpha value is -1.59. The highest BCUT2D eigenvalue weighted by Gasteiger charge is 2.72. The summed E-state index contributed by atoms with van der Waals surface area (Å²) in [6, 6.07) is 12.3. The van der Waals surface area contributed by atoms with Crippen LogP contribution in [0.25, 0.3) is 0 Å². The minimum absolute atomic E-state index is 0.209. The van der Waals surface area contributed by atoms with Gasteiger partial charge in [0.25, 0.3) is 5.91 Å². The molecule has 0 radical (unpaired) electrons. The topological polar surface area (TPSA) is 81.0 Å². The van der Waals surface area contributed by atoms with Crippen molar-refractivity contribution in [1.29, 1.82) is 5.26 Å². The van der Waals surface area contributed by atoms with Gasteiger partial charge in [0.1, 0.15) is 18.2 Å². The number of hydroxylamine groups is 2. The molecule has 1 fully saturated rings. The number of carbonyl (C=O) groups excluding carboxylic acids is 1. The molecule has 1 heterocycles. The summed E-state index contributed by atoms with van der Waals surface area (Å²) in [5.41, 5.74) is -1.66. The number of hydrogen-bond donors (Lipinski definition) is 0. The zero-order valence-corrected chi connectivity index (χ0v) is 28.1. The Bertz CT molecular complexity index is 1070. The molecule has 0 bridgehead atoms. The summed E-state index contributed by atoms with van der Waals surface area (Å²) < 4.78 is 20.2. The first-order valence-corrected chi connectivity index (χ1v) is 23.1. The van der Waals surface area contributed by atoms with Gasteiger partial charge in [-0.15, -0.1) is 0 Å². The van der Waals surface area contributed by atoms with Crippen molar-refractivity contribution in [3.8, 4) is 6.07 Å². The smallest absolute Gasteiger partial charge is 0.278 e. The Morgan fingerprint density at radius 1 is 1.03 bits per heavy atom. The Morgan fingerprint density at radius 3 is 2.11 bits per heavy atom. The summed E-state index contributed by atoms with van der Waals surface area (Å²) in [6.07, 6.45) is 2.49. The summed E-state index contributed by atoms with van der Waals surface area (Å²) >= 11 is 0. The highest BCUT2D eigenvalue weighted by atomic mass is 28.4. The monoisotopic (exact) mass is 574 g/mol. The van der Waals surface area contributed by atoms with Crippen LogP contribution in [0.2, 0.25) is 52.4 Å². The fraction of sp³-hybridized carbons (Fsp3) is 0.643. The Kier molecular flexibility index (Phi) is 8.77. The third kappa shape index (κ3) is 6.25. The number of benzene rings is 1. The second-order valence-corrected chi connectivity index (χ2v) is 25.1. The third-order valence-electron chi connectivity index (χ3n) is 6.69. The van der Waals surface area contributed by atoms with Gasteiger partial charge in [0, 0.05) is 5.92 Å². The molecular weight excluding hydrogens is 529 g/mol. The lowest BCUT2D eigenvalue weighted by molar-refractivity contribution is -0.305. The molecule has 10 heteroatoms. The van der Waals surface area contributed by atoms with Crippen molar-refractivity contribution in [1.82, 2.24) is 5.06 Å². The first-order valence-electron chi connectivity index (χ1n) is 13.5. The minimum Gasteiger partial charge on any atom is -0.411 e. The van der Waals surface area contributed by atoms with Crippen molar-refractivity contribution < 1.29 is 22.9 Å². The standard InChI is InChI=1S/C28H46N2O5Si3/c1-26(2,3)22-23(34-37(6,7)8)28(18-17-27(22,20-29)35-38(9,10)11)24(33-36(4)5)25(31)30(28)32-19-21-15-13-12-14-16-21/h12-18,22-24,36H,19H2,1-11H3. The van der Waals surface area contributed by atoms with Gasteiger partial charge in [-0.3, -0.25) is 9.63 Å². The normalized spacial score (nSPS) is 30.0. The van der Waals surface area contributed by atoms with Crippen molar-refractivity contribution in [2.45, 2.75) is 103 Å². The van der Waals surface area contributed by atoms with Gasteiger partial charge in [-0.1, -0.05) is 57.2 Å².